The topological polar surface area (TPSA) is 26.0 Å². The van der Waals surface area contributed by atoms with Crippen LogP contribution >= 0.6 is 23.4 Å². The van der Waals surface area contributed by atoms with Gasteiger partial charge in [-0.3, -0.25) is 0 Å². The molecule has 0 aliphatic heterocycles. The predicted molar refractivity (Wildman–Crippen MR) is 88.1 cm³/mol. The molecule has 19 heavy (non-hydrogen) atoms. The molecule has 1 rings (SSSR count). The molecule has 1 aromatic carbocycles. The number of nitrogens with two attached hydrogens (primary N) is 1. The molecule has 0 bridgehead atoms. The van der Waals surface area contributed by atoms with E-state index in [1.165, 1.54) is 43.4 Å². The van der Waals surface area contributed by atoms with E-state index in [9.17, 15) is 0 Å². The quantitative estimate of drug-likeness (QED) is 0.455. The molecule has 2 N–H and O–H groups in total. The lowest BCUT2D eigenvalue weighted by Crippen LogP contribution is -2.22. The first-order valence-electron chi connectivity index (χ1n) is 7.36. The molecule has 0 radical (unpaired) electrons. The van der Waals surface area contributed by atoms with Gasteiger partial charge in [-0.25, -0.2) is 0 Å². The maximum Gasteiger partial charge on any atom is 0.0417 e. The molecule has 108 valence electrons. The van der Waals surface area contributed by atoms with Crippen LogP contribution < -0.4 is 5.73 Å². The van der Waals surface area contributed by atoms with Crippen molar-refractivity contribution in [1.82, 2.24) is 0 Å². The third-order valence-corrected chi connectivity index (χ3v) is 4.61. The largest absolute Gasteiger partial charge is 0.327 e. The number of unbranched alkanes of at least 4 members (excludes halogenated alkanes) is 5. The minimum Gasteiger partial charge on any atom is -0.327 e. The van der Waals surface area contributed by atoms with Crippen LogP contribution in [-0.4, -0.2) is 11.8 Å². The summed E-state index contributed by atoms with van der Waals surface area (Å²) in [4.78, 5) is 1.21. The van der Waals surface area contributed by atoms with Gasteiger partial charge in [0.1, 0.15) is 0 Å². The second kappa shape index (κ2) is 10.6. The Hall–Kier alpha value is -0.180. The molecule has 0 aliphatic rings. The van der Waals surface area contributed by atoms with Crippen molar-refractivity contribution in [2.45, 2.75) is 62.8 Å². The van der Waals surface area contributed by atoms with E-state index in [1.807, 2.05) is 18.2 Å². The SMILES string of the molecule is CCCCCCCCC(N)CSc1cccc(Cl)c1. The van der Waals surface area contributed by atoms with E-state index in [-0.39, 0.29) is 0 Å². The van der Waals surface area contributed by atoms with E-state index in [1.54, 1.807) is 11.8 Å². The van der Waals surface area contributed by atoms with Crippen LogP contribution in [0.15, 0.2) is 29.2 Å². The van der Waals surface area contributed by atoms with Gasteiger partial charge in [0, 0.05) is 21.7 Å². The summed E-state index contributed by atoms with van der Waals surface area (Å²) in [5.74, 6) is 0.981. The maximum absolute atomic E-state index is 6.15. The molecule has 0 amide bonds. The summed E-state index contributed by atoms with van der Waals surface area (Å²) in [6.45, 7) is 2.25. The highest BCUT2D eigenvalue weighted by Gasteiger charge is 2.04. The highest BCUT2D eigenvalue weighted by molar-refractivity contribution is 7.99. The molecule has 0 aliphatic carbocycles. The fourth-order valence-electron chi connectivity index (χ4n) is 2.03. The highest BCUT2D eigenvalue weighted by Crippen LogP contribution is 2.22. The van der Waals surface area contributed by atoms with E-state index < -0.39 is 0 Å². The first-order chi connectivity index (χ1) is 9.22. The van der Waals surface area contributed by atoms with Gasteiger partial charge >= 0.3 is 0 Å². The lowest BCUT2D eigenvalue weighted by atomic mass is 10.1. The smallest absolute Gasteiger partial charge is 0.0417 e. The van der Waals surface area contributed by atoms with Crippen molar-refractivity contribution < 1.29 is 0 Å². The molecule has 0 saturated heterocycles. The normalized spacial score (nSPS) is 12.6. The van der Waals surface area contributed by atoms with Crippen LogP contribution in [0.3, 0.4) is 0 Å². The summed E-state index contributed by atoms with van der Waals surface area (Å²) >= 11 is 7.76. The van der Waals surface area contributed by atoms with Crippen LogP contribution in [0, 0.1) is 0 Å². The van der Waals surface area contributed by atoms with Crippen LogP contribution in [0.5, 0.6) is 0 Å². The van der Waals surface area contributed by atoms with E-state index >= 15 is 0 Å². The monoisotopic (exact) mass is 299 g/mol. The summed E-state index contributed by atoms with van der Waals surface area (Å²) in [5, 5.41) is 0.800. The first-order valence-corrected chi connectivity index (χ1v) is 8.72. The second-order valence-electron chi connectivity index (χ2n) is 5.08. The van der Waals surface area contributed by atoms with Gasteiger partial charge in [-0.1, -0.05) is 63.1 Å². The van der Waals surface area contributed by atoms with Crippen LogP contribution in [0.2, 0.25) is 5.02 Å². The Labute approximate surface area is 127 Å². The summed E-state index contributed by atoms with van der Waals surface area (Å²) in [6, 6.07) is 8.29. The zero-order valence-electron chi connectivity index (χ0n) is 11.9. The molecule has 1 unspecified atom stereocenters. The molecule has 0 aromatic heterocycles. The second-order valence-corrected chi connectivity index (χ2v) is 6.61. The maximum atomic E-state index is 6.15. The average molecular weight is 300 g/mol. The van der Waals surface area contributed by atoms with Crippen LogP contribution in [0.1, 0.15) is 51.9 Å². The average Bonchev–Trinajstić information content (AvgIpc) is 2.40. The number of hydrogen-bond donors (Lipinski definition) is 1. The Bertz CT molecular complexity index is 343. The van der Waals surface area contributed by atoms with E-state index in [2.05, 4.69) is 13.0 Å². The summed E-state index contributed by atoms with van der Waals surface area (Å²) < 4.78 is 0. The van der Waals surface area contributed by atoms with Crippen LogP contribution in [0.4, 0.5) is 0 Å². The molecule has 0 spiro atoms. The molecule has 0 saturated carbocycles. The number of thioether (sulfide) groups is 1. The lowest BCUT2D eigenvalue weighted by molar-refractivity contribution is 0.557. The van der Waals surface area contributed by atoms with Gasteiger partial charge in [-0.15, -0.1) is 11.8 Å². The molecule has 3 heteroatoms. The van der Waals surface area contributed by atoms with Gasteiger partial charge in [0.25, 0.3) is 0 Å². The predicted octanol–water partition coefficient (Wildman–Crippen LogP) is 5.51. The molecular weight excluding hydrogens is 274 g/mol. The van der Waals surface area contributed by atoms with Crippen molar-refractivity contribution in [3.63, 3.8) is 0 Å². The van der Waals surface area contributed by atoms with Crippen molar-refractivity contribution in [3.8, 4) is 0 Å². The van der Waals surface area contributed by atoms with Gasteiger partial charge < -0.3 is 5.73 Å². The minimum atomic E-state index is 0.301. The van der Waals surface area contributed by atoms with Gasteiger partial charge in [0.05, 0.1) is 0 Å². The van der Waals surface area contributed by atoms with Gasteiger partial charge in [-0.2, -0.15) is 0 Å². The first kappa shape index (κ1) is 16.9. The summed E-state index contributed by atoms with van der Waals surface area (Å²) in [7, 11) is 0. The fraction of sp³-hybridized carbons (Fsp3) is 0.625. The number of benzene rings is 1. The Balaban J connectivity index is 2.06. The number of halogens is 1. The van der Waals surface area contributed by atoms with Crippen molar-refractivity contribution in [2.24, 2.45) is 5.73 Å². The summed E-state index contributed by atoms with van der Waals surface area (Å²) in [6.07, 6.45) is 9.16. The van der Waals surface area contributed by atoms with Crippen molar-refractivity contribution in [2.75, 3.05) is 5.75 Å². The standard InChI is InChI=1S/C16H26ClNS/c1-2-3-4-5-6-7-10-15(18)13-19-16-11-8-9-14(17)12-16/h8-9,11-12,15H,2-7,10,13,18H2,1H3. The number of hydrogen-bond acceptors (Lipinski definition) is 2. The van der Waals surface area contributed by atoms with Crippen LogP contribution in [-0.2, 0) is 0 Å². The highest BCUT2D eigenvalue weighted by atomic mass is 35.5. The van der Waals surface area contributed by atoms with Crippen molar-refractivity contribution >= 4 is 23.4 Å². The molecule has 1 nitrogen and oxygen atoms in total. The summed E-state index contributed by atoms with van der Waals surface area (Å²) in [5.41, 5.74) is 6.15. The van der Waals surface area contributed by atoms with Crippen LogP contribution in [0.25, 0.3) is 0 Å². The zero-order chi connectivity index (χ0) is 13.9. The van der Waals surface area contributed by atoms with E-state index in [0.29, 0.717) is 6.04 Å². The zero-order valence-corrected chi connectivity index (χ0v) is 13.5. The van der Waals surface area contributed by atoms with E-state index in [0.717, 1.165) is 17.2 Å². The van der Waals surface area contributed by atoms with Crippen molar-refractivity contribution in [1.29, 1.82) is 0 Å². The third-order valence-electron chi connectivity index (χ3n) is 3.19. The number of rotatable bonds is 10. The van der Waals surface area contributed by atoms with Gasteiger partial charge in [0.15, 0.2) is 0 Å². The molecule has 0 fully saturated rings. The Morgan fingerprint density at radius 1 is 1.16 bits per heavy atom. The Morgan fingerprint density at radius 2 is 1.89 bits per heavy atom. The minimum absolute atomic E-state index is 0.301. The molecule has 1 aromatic rings. The fourth-order valence-corrected chi connectivity index (χ4v) is 3.24. The lowest BCUT2D eigenvalue weighted by Gasteiger charge is -2.11. The van der Waals surface area contributed by atoms with Gasteiger partial charge in [-0.05, 0) is 24.6 Å². The Morgan fingerprint density at radius 3 is 2.63 bits per heavy atom. The Kier molecular flexibility index (Phi) is 9.40. The third kappa shape index (κ3) is 8.56. The molecular formula is C16H26ClNS. The van der Waals surface area contributed by atoms with Crippen molar-refractivity contribution in [3.05, 3.63) is 29.3 Å². The molecule has 1 atom stereocenters. The van der Waals surface area contributed by atoms with Gasteiger partial charge in [0.2, 0.25) is 0 Å². The van der Waals surface area contributed by atoms with E-state index in [4.69, 9.17) is 17.3 Å². The molecule has 0 heterocycles.